The zero-order valence-corrected chi connectivity index (χ0v) is 12.9. The number of nitrogens with one attached hydrogen (secondary N) is 2. The lowest BCUT2D eigenvalue weighted by Gasteiger charge is -2.26. The van der Waals surface area contributed by atoms with E-state index in [4.69, 9.17) is 5.11 Å². The zero-order chi connectivity index (χ0) is 15.2. The van der Waals surface area contributed by atoms with Gasteiger partial charge >= 0.3 is 0 Å². The number of amides is 2. The van der Waals surface area contributed by atoms with Gasteiger partial charge in [-0.05, 0) is 33.6 Å². The van der Waals surface area contributed by atoms with Gasteiger partial charge in [0.1, 0.15) is 0 Å². The van der Waals surface area contributed by atoms with E-state index in [1.807, 2.05) is 6.92 Å². The highest BCUT2D eigenvalue weighted by atomic mass is 16.3. The van der Waals surface area contributed by atoms with E-state index in [1.165, 1.54) is 6.42 Å². The van der Waals surface area contributed by atoms with Crippen LogP contribution in [0.15, 0.2) is 0 Å². The van der Waals surface area contributed by atoms with E-state index in [2.05, 4.69) is 10.6 Å². The highest BCUT2D eigenvalue weighted by molar-refractivity contribution is 5.81. The molecule has 1 atom stereocenters. The van der Waals surface area contributed by atoms with Crippen LogP contribution in [0.25, 0.3) is 0 Å². The molecule has 5 nitrogen and oxygen atoms in total. The van der Waals surface area contributed by atoms with Gasteiger partial charge in [0, 0.05) is 18.4 Å². The van der Waals surface area contributed by atoms with Gasteiger partial charge in [-0.2, -0.15) is 0 Å². The van der Waals surface area contributed by atoms with E-state index >= 15 is 0 Å². The van der Waals surface area contributed by atoms with Gasteiger partial charge in [0.15, 0.2) is 0 Å². The molecule has 0 heterocycles. The Morgan fingerprint density at radius 1 is 1.25 bits per heavy atom. The number of carbonyl (C=O) groups excluding carboxylic acids is 2. The Labute approximate surface area is 121 Å². The molecule has 1 saturated carbocycles. The number of hydrogen-bond acceptors (Lipinski definition) is 3. The van der Waals surface area contributed by atoms with E-state index in [1.54, 1.807) is 13.8 Å². The third-order valence-electron chi connectivity index (χ3n) is 3.73. The van der Waals surface area contributed by atoms with Crippen LogP contribution in [0.1, 0.15) is 59.3 Å². The highest BCUT2D eigenvalue weighted by Gasteiger charge is 2.24. The van der Waals surface area contributed by atoms with Crippen molar-refractivity contribution in [1.82, 2.24) is 10.6 Å². The number of aliphatic hydroxyl groups excluding tert-OH is 1. The van der Waals surface area contributed by atoms with Gasteiger partial charge in [0.2, 0.25) is 11.8 Å². The first kappa shape index (κ1) is 17.0. The lowest BCUT2D eigenvalue weighted by molar-refractivity contribution is -0.127. The summed E-state index contributed by atoms with van der Waals surface area (Å²) in [5.41, 5.74) is -0.621. The molecule has 0 radical (unpaired) electrons. The molecule has 0 aliphatic heterocycles. The fourth-order valence-electron chi connectivity index (χ4n) is 2.52. The maximum Gasteiger partial charge on any atom is 0.223 e. The molecule has 0 aromatic carbocycles. The monoisotopic (exact) mass is 284 g/mol. The summed E-state index contributed by atoms with van der Waals surface area (Å²) < 4.78 is 0. The Balaban J connectivity index is 2.33. The summed E-state index contributed by atoms with van der Waals surface area (Å²) in [6, 6.07) is -0.182. The van der Waals surface area contributed by atoms with Gasteiger partial charge in [0.05, 0.1) is 12.1 Å². The van der Waals surface area contributed by atoms with Crippen LogP contribution >= 0.6 is 0 Å². The third kappa shape index (κ3) is 5.90. The van der Waals surface area contributed by atoms with Crippen LogP contribution in [0.4, 0.5) is 0 Å². The predicted octanol–water partition coefficient (Wildman–Crippen LogP) is 1.35. The number of rotatable bonds is 6. The van der Waals surface area contributed by atoms with Gasteiger partial charge < -0.3 is 15.7 Å². The summed E-state index contributed by atoms with van der Waals surface area (Å²) >= 11 is 0. The highest BCUT2D eigenvalue weighted by Crippen LogP contribution is 2.23. The fourth-order valence-corrected chi connectivity index (χ4v) is 2.52. The summed E-state index contributed by atoms with van der Waals surface area (Å²) in [6.45, 7) is 5.25. The molecular formula is C15H28N2O3. The molecule has 1 aliphatic rings. The standard InChI is InChI=1S/C15H28N2O3/c1-11(9-13(19)17-15(2,3)10-18)16-14(20)12-7-5-4-6-8-12/h11-12,18H,4-10H2,1-3H3,(H,16,20)(H,17,19). The van der Waals surface area contributed by atoms with Gasteiger partial charge in [0.25, 0.3) is 0 Å². The quantitative estimate of drug-likeness (QED) is 0.689. The summed E-state index contributed by atoms with van der Waals surface area (Å²) in [5.74, 6) is 0.0371. The first-order valence-corrected chi connectivity index (χ1v) is 7.56. The molecule has 1 aliphatic carbocycles. The van der Waals surface area contributed by atoms with E-state index in [0.29, 0.717) is 0 Å². The van der Waals surface area contributed by atoms with Gasteiger partial charge in [-0.15, -0.1) is 0 Å². The Hall–Kier alpha value is -1.10. The molecule has 0 aromatic heterocycles. The molecule has 5 heteroatoms. The van der Waals surface area contributed by atoms with Crippen molar-refractivity contribution in [2.45, 2.75) is 70.9 Å². The second-order valence-corrected chi connectivity index (χ2v) is 6.54. The zero-order valence-electron chi connectivity index (χ0n) is 12.9. The topological polar surface area (TPSA) is 78.4 Å². The Bertz CT molecular complexity index is 336. The number of aliphatic hydroxyl groups is 1. The van der Waals surface area contributed by atoms with E-state index in [-0.39, 0.29) is 36.8 Å². The maximum absolute atomic E-state index is 12.0. The Kier molecular flexibility index (Phi) is 6.46. The Morgan fingerprint density at radius 3 is 2.40 bits per heavy atom. The normalized spacial score (nSPS) is 18.4. The molecule has 1 unspecified atom stereocenters. The number of carbonyl (C=O) groups is 2. The minimum Gasteiger partial charge on any atom is -0.394 e. The third-order valence-corrected chi connectivity index (χ3v) is 3.73. The van der Waals surface area contributed by atoms with Crippen molar-refractivity contribution < 1.29 is 14.7 Å². The summed E-state index contributed by atoms with van der Waals surface area (Å²) in [5, 5.41) is 14.8. The lowest BCUT2D eigenvalue weighted by atomic mass is 9.88. The molecule has 0 spiro atoms. The predicted molar refractivity (Wildman–Crippen MR) is 78.1 cm³/mol. The van der Waals surface area contributed by atoms with Crippen LogP contribution in [-0.4, -0.2) is 35.1 Å². The van der Waals surface area contributed by atoms with E-state index in [9.17, 15) is 9.59 Å². The molecule has 0 bridgehead atoms. The molecule has 116 valence electrons. The summed E-state index contributed by atoms with van der Waals surface area (Å²) in [7, 11) is 0. The second-order valence-electron chi connectivity index (χ2n) is 6.54. The molecule has 1 fully saturated rings. The largest absolute Gasteiger partial charge is 0.394 e. The average Bonchev–Trinajstić information content (AvgIpc) is 2.38. The van der Waals surface area contributed by atoms with Gasteiger partial charge in [-0.1, -0.05) is 19.3 Å². The minimum atomic E-state index is -0.621. The molecule has 0 aromatic rings. The first-order chi connectivity index (χ1) is 9.34. The van der Waals surface area contributed by atoms with Crippen molar-refractivity contribution in [1.29, 1.82) is 0 Å². The SMILES string of the molecule is CC(CC(=O)NC(C)(C)CO)NC(=O)C1CCCCC1. The Morgan fingerprint density at radius 2 is 1.85 bits per heavy atom. The number of hydrogen-bond donors (Lipinski definition) is 3. The first-order valence-electron chi connectivity index (χ1n) is 7.56. The van der Waals surface area contributed by atoms with Gasteiger partial charge in [-0.3, -0.25) is 9.59 Å². The van der Waals surface area contributed by atoms with Crippen LogP contribution < -0.4 is 10.6 Å². The molecule has 0 saturated heterocycles. The lowest BCUT2D eigenvalue weighted by Crippen LogP contribution is -2.48. The maximum atomic E-state index is 12.0. The second kappa shape index (κ2) is 7.62. The molecular weight excluding hydrogens is 256 g/mol. The van der Waals surface area contributed by atoms with E-state index in [0.717, 1.165) is 25.7 Å². The average molecular weight is 284 g/mol. The van der Waals surface area contributed by atoms with Crippen molar-refractivity contribution in [3.05, 3.63) is 0 Å². The van der Waals surface area contributed by atoms with Crippen LogP contribution in [0.3, 0.4) is 0 Å². The smallest absolute Gasteiger partial charge is 0.223 e. The molecule has 20 heavy (non-hydrogen) atoms. The van der Waals surface area contributed by atoms with Crippen molar-refractivity contribution in [3.8, 4) is 0 Å². The van der Waals surface area contributed by atoms with Crippen molar-refractivity contribution in [2.75, 3.05) is 6.61 Å². The summed E-state index contributed by atoms with van der Waals surface area (Å²) in [6.07, 6.45) is 5.62. The van der Waals surface area contributed by atoms with Crippen LogP contribution in [0.5, 0.6) is 0 Å². The molecule has 1 rings (SSSR count). The van der Waals surface area contributed by atoms with Crippen LogP contribution in [0.2, 0.25) is 0 Å². The van der Waals surface area contributed by atoms with E-state index < -0.39 is 5.54 Å². The van der Waals surface area contributed by atoms with Gasteiger partial charge in [-0.25, -0.2) is 0 Å². The van der Waals surface area contributed by atoms with Crippen molar-refractivity contribution in [3.63, 3.8) is 0 Å². The summed E-state index contributed by atoms with van der Waals surface area (Å²) in [4.78, 5) is 23.9. The van der Waals surface area contributed by atoms with Crippen molar-refractivity contribution in [2.24, 2.45) is 5.92 Å². The van der Waals surface area contributed by atoms with Crippen molar-refractivity contribution >= 4 is 11.8 Å². The minimum absolute atomic E-state index is 0.0754. The molecule has 2 amide bonds. The molecule has 3 N–H and O–H groups in total. The van der Waals surface area contributed by atoms with Crippen LogP contribution in [0, 0.1) is 5.92 Å². The van der Waals surface area contributed by atoms with Crippen LogP contribution in [-0.2, 0) is 9.59 Å². The fraction of sp³-hybridized carbons (Fsp3) is 0.867.